The fourth-order valence-electron chi connectivity index (χ4n) is 3.68. The molecule has 0 amide bonds. The van der Waals surface area contributed by atoms with Gasteiger partial charge in [0.05, 0.1) is 18.4 Å². The fourth-order valence-corrected chi connectivity index (χ4v) is 5.24. The highest BCUT2D eigenvalue weighted by molar-refractivity contribution is 7.93. The third-order valence-corrected chi connectivity index (χ3v) is 6.79. The van der Waals surface area contributed by atoms with Crippen LogP contribution in [0.15, 0.2) is 33.7 Å². The number of anilines is 1. The maximum atomic E-state index is 13.4. The van der Waals surface area contributed by atoms with Gasteiger partial charge in [-0.3, -0.25) is 4.72 Å². The third kappa shape index (κ3) is 3.39. The number of nitrogens with one attached hydrogen (secondary N) is 1. The quantitative estimate of drug-likeness (QED) is 0.628. The van der Waals surface area contributed by atoms with Gasteiger partial charge in [0.1, 0.15) is 10.6 Å². The summed E-state index contributed by atoms with van der Waals surface area (Å²) in [5.41, 5.74) is 2.21. The largest absolute Gasteiger partial charge is 0.495 e. The lowest BCUT2D eigenvalue weighted by Gasteiger charge is -2.12. The molecule has 4 rings (SSSR count). The topological polar surface area (TPSA) is 99.3 Å². The van der Waals surface area contributed by atoms with Crippen molar-refractivity contribution in [3.05, 3.63) is 41.5 Å². The van der Waals surface area contributed by atoms with Gasteiger partial charge in [-0.15, -0.1) is 0 Å². The van der Waals surface area contributed by atoms with Crippen molar-refractivity contribution in [3.8, 4) is 17.2 Å². The highest BCUT2D eigenvalue weighted by Gasteiger charge is 2.34. The molecule has 0 bridgehead atoms. The average molecular weight is 417 g/mol. The van der Waals surface area contributed by atoms with Gasteiger partial charge in [-0.05, 0) is 45.7 Å². The number of nitrogens with zero attached hydrogens (tertiary/aromatic N) is 3. The molecule has 2 heterocycles. The van der Waals surface area contributed by atoms with Gasteiger partial charge in [0.25, 0.3) is 15.9 Å². The average Bonchev–Trinajstić information content (AvgIpc) is 3.36. The van der Waals surface area contributed by atoms with Crippen molar-refractivity contribution in [2.75, 3.05) is 11.8 Å². The van der Waals surface area contributed by atoms with E-state index in [0.29, 0.717) is 41.0 Å². The van der Waals surface area contributed by atoms with Crippen molar-refractivity contribution in [2.24, 2.45) is 0 Å². The molecular formula is C20H24N4O4S. The first kappa shape index (κ1) is 19.5. The van der Waals surface area contributed by atoms with Gasteiger partial charge in [0.15, 0.2) is 5.82 Å². The zero-order valence-electron chi connectivity index (χ0n) is 16.9. The molecule has 0 aliphatic heterocycles. The van der Waals surface area contributed by atoms with Crippen molar-refractivity contribution in [1.82, 2.24) is 14.7 Å². The summed E-state index contributed by atoms with van der Waals surface area (Å²) in [6.07, 6.45) is 2.07. The van der Waals surface area contributed by atoms with E-state index in [1.807, 2.05) is 18.4 Å². The number of methoxy groups -OCH3 is 1. The Morgan fingerprint density at radius 2 is 1.97 bits per heavy atom. The van der Waals surface area contributed by atoms with E-state index in [4.69, 9.17) is 9.26 Å². The molecule has 1 aliphatic rings. The smallest absolute Gasteiger partial charge is 0.264 e. The second-order valence-electron chi connectivity index (χ2n) is 7.16. The summed E-state index contributed by atoms with van der Waals surface area (Å²) in [4.78, 5) is 4.65. The summed E-state index contributed by atoms with van der Waals surface area (Å²) in [5.74, 6) is 1.63. The van der Waals surface area contributed by atoms with Crippen LogP contribution >= 0.6 is 0 Å². The summed E-state index contributed by atoms with van der Waals surface area (Å²) < 4.78 is 42.3. The van der Waals surface area contributed by atoms with Gasteiger partial charge < -0.3 is 13.8 Å². The summed E-state index contributed by atoms with van der Waals surface area (Å²) in [6, 6.07) is 6.89. The van der Waals surface area contributed by atoms with Gasteiger partial charge in [0.2, 0.25) is 0 Å². The molecule has 0 unspecified atom stereocenters. The number of rotatable bonds is 7. The van der Waals surface area contributed by atoms with Crippen LogP contribution < -0.4 is 9.46 Å². The molecule has 1 saturated carbocycles. The number of hydrogen-bond donors (Lipinski definition) is 1. The van der Waals surface area contributed by atoms with Crippen molar-refractivity contribution in [3.63, 3.8) is 0 Å². The Kier molecular flexibility index (Phi) is 4.85. The number of sulfonamides is 1. The van der Waals surface area contributed by atoms with Gasteiger partial charge in [0, 0.05) is 23.9 Å². The normalized spacial score (nSPS) is 14.2. The van der Waals surface area contributed by atoms with E-state index >= 15 is 0 Å². The second-order valence-corrected chi connectivity index (χ2v) is 8.78. The molecule has 2 aromatic heterocycles. The van der Waals surface area contributed by atoms with Crippen LogP contribution in [0.5, 0.6) is 5.75 Å². The van der Waals surface area contributed by atoms with E-state index in [1.54, 1.807) is 31.2 Å². The molecule has 154 valence electrons. The molecule has 1 aromatic carbocycles. The zero-order valence-corrected chi connectivity index (χ0v) is 17.7. The molecular weight excluding hydrogens is 392 g/mol. The van der Waals surface area contributed by atoms with Gasteiger partial charge in [-0.1, -0.05) is 17.3 Å². The van der Waals surface area contributed by atoms with E-state index in [-0.39, 0.29) is 10.8 Å². The first-order valence-electron chi connectivity index (χ1n) is 9.56. The molecule has 1 aliphatic carbocycles. The van der Waals surface area contributed by atoms with E-state index in [1.165, 1.54) is 7.11 Å². The highest BCUT2D eigenvalue weighted by atomic mass is 32.2. The van der Waals surface area contributed by atoms with Gasteiger partial charge in [-0.25, -0.2) is 8.42 Å². The van der Waals surface area contributed by atoms with Gasteiger partial charge in [-0.2, -0.15) is 4.98 Å². The minimum Gasteiger partial charge on any atom is -0.495 e. The Morgan fingerprint density at radius 3 is 2.62 bits per heavy atom. The SMILES string of the molecule is CCn1c(C)c(-c2nc(C3CC3)no2)c(S(=O)(=O)Nc2ccccc2OC)c1C. The second kappa shape index (κ2) is 7.22. The number of hydrogen-bond acceptors (Lipinski definition) is 6. The van der Waals surface area contributed by atoms with E-state index in [9.17, 15) is 8.42 Å². The summed E-state index contributed by atoms with van der Waals surface area (Å²) in [5, 5.41) is 4.06. The Morgan fingerprint density at radius 1 is 1.24 bits per heavy atom. The molecule has 9 heteroatoms. The predicted molar refractivity (Wildman–Crippen MR) is 109 cm³/mol. The number of benzene rings is 1. The van der Waals surface area contributed by atoms with Crippen LogP contribution in [0.2, 0.25) is 0 Å². The molecule has 29 heavy (non-hydrogen) atoms. The van der Waals surface area contributed by atoms with Crippen LogP contribution in [0, 0.1) is 13.8 Å². The standard InChI is InChI=1S/C20H24N4O4S/c1-5-24-12(2)17(20-21-19(22-28-20)14-10-11-14)18(13(24)3)29(25,26)23-15-8-6-7-9-16(15)27-4/h6-9,14,23H,5,10-11H2,1-4H3. The molecule has 1 fully saturated rings. The number of ether oxygens (including phenoxy) is 1. The van der Waals surface area contributed by atoms with Crippen molar-refractivity contribution < 1.29 is 17.7 Å². The first-order chi connectivity index (χ1) is 13.9. The lowest BCUT2D eigenvalue weighted by molar-refractivity contribution is 0.417. The fraction of sp³-hybridized carbons (Fsp3) is 0.400. The summed E-state index contributed by atoms with van der Waals surface area (Å²) in [6.45, 7) is 6.25. The molecule has 0 saturated heterocycles. The van der Waals surface area contributed by atoms with Gasteiger partial charge >= 0.3 is 0 Å². The van der Waals surface area contributed by atoms with Crippen LogP contribution in [0.1, 0.15) is 42.9 Å². The van der Waals surface area contributed by atoms with Crippen molar-refractivity contribution in [2.45, 2.75) is 51.0 Å². The molecule has 8 nitrogen and oxygen atoms in total. The zero-order chi connectivity index (χ0) is 20.8. The molecule has 0 radical (unpaired) electrons. The van der Waals surface area contributed by atoms with E-state index in [2.05, 4.69) is 14.9 Å². The Balaban J connectivity index is 1.85. The monoisotopic (exact) mass is 416 g/mol. The minimum absolute atomic E-state index is 0.147. The summed E-state index contributed by atoms with van der Waals surface area (Å²) in [7, 11) is -2.44. The lowest BCUT2D eigenvalue weighted by atomic mass is 10.2. The van der Waals surface area contributed by atoms with Crippen LogP contribution in [0.25, 0.3) is 11.5 Å². The molecule has 3 aromatic rings. The Hall–Kier alpha value is -2.81. The Labute approximate surface area is 169 Å². The Bertz CT molecular complexity index is 1160. The molecule has 1 N–H and O–H groups in total. The highest BCUT2D eigenvalue weighted by Crippen LogP contribution is 2.41. The minimum atomic E-state index is -3.94. The van der Waals surface area contributed by atoms with Crippen LogP contribution in [-0.2, 0) is 16.6 Å². The van der Waals surface area contributed by atoms with Crippen LogP contribution in [0.4, 0.5) is 5.69 Å². The number of aromatic nitrogens is 3. The van der Waals surface area contributed by atoms with Crippen LogP contribution in [0.3, 0.4) is 0 Å². The van der Waals surface area contributed by atoms with E-state index < -0.39 is 10.0 Å². The maximum absolute atomic E-state index is 13.4. The predicted octanol–water partition coefficient (Wildman–Crippen LogP) is 3.86. The third-order valence-electron chi connectivity index (χ3n) is 5.26. The van der Waals surface area contributed by atoms with E-state index in [0.717, 1.165) is 18.5 Å². The van der Waals surface area contributed by atoms with Crippen molar-refractivity contribution in [1.29, 1.82) is 0 Å². The molecule has 0 spiro atoms. The first-order valence-corrected chi connectivity index (χ1v) is 11.0. The maximum Gasteiger partial charge on any atom is 0.264 e. The lowest BCUT2D eigenvalue weighted by Crippen LogP contribution is -2.15. The number of para-hydroxylation sites is 2. The van der Waals surface area contributed by atoms with Crippen molar-refractivity contribution >= 4 is 15.7 Å². The summed E-state index contributed by atoms with van der Waals surface area (Å²) >= 11 is 0. The molecule has 0 atom stereocenters. The van der Waals surface area contributed by atoms with Crippen LogP contribution in [-0.4, -0.2) is 30.2 Å².